The predicted octanol–water partition coefficient (Wildman–Crippen LogP) is 1.95. The Morgan fingerprint density at radius 1 is 1.25 bits per heavy atom. The van der Waals surface area contributed by atoms with Crippen LogP contribution in [0.3, 0.4) is 0 Å². The number of ether oxygens (including phenoxy) is 2. The first-order valence-electron chi connectivity index (χ1n) is 8.63. The van der Waals surface area contributed by atoms with Crippen molar-refractivity contribution in [3.63, 3.8) is 0 Å². The van der Waals surface area contributed by atoms with E-state index in [4.69, 9.17) is 9.47 Å². The lowest BCUT2D eigenvalue weighted by molar-refractivity contribution is -0.0370. The van der Waals surface area contributed by atoms with Crippen molar-refractivity contribution in [2.24, 2.45) is 0 Å². The highest BCUT2D eigenvalue weighted by Gasteiger charge is 2.34. The molecule has 2 fully saturated rings. The number of hydrogen-bond acceptors (Lipinski definition) is 5. The average Bonchev–Trinajstić information content (AvgIpc) is 2.53. The van der Waals surface area contributed by atoms with Crippen LogP contribution in [0.2, 0.25) is 0 Å². The zero-order valence-electron chi connectivity index (χ0n) is 15.0. The highest BCUT2D eigenvalue weighted by molar-refractivity contribution is 5.94. The van der Waals surface area contributed by atoms with Crippen molar-refractivity contribution in [1.29, 1.82) is 0 Å². The van der Waals surface area contributed by atoms with E-state index < -0.39 is 0 Å². The number of amides is 1. The van der Waals surface area contributed by atoms with E-state index in [0.717, 1.165) is 18.9 Å². The maximum absolute atomic E-state index is 12.8. The van der Waals surface area contributed by atoms with Crippen LogP contribution in [0.1, 0.15) is 38.1 Å². The second-order valence-corrected chi connectivity index (χ2v) is 7.39. The van der Waals surface area contributed by atoms with Crippen LogP contribution in [0, 0.1) is 0 Å². The van der Waals surface area contributed by atoms with Gasteiger partial charge in [-0.3, -0.25) is 4.79 Å². The van der Waals surface area contributed by atoms with Crippen molar-refractivity contribution < 1.29 is 14.3 Å². The minimum Gasteiger partial charge on any atom is -0.377 e. The minimum absolute atomic E-state index is 0.0195. The van der Waals surface area contributed by atoms with E-state index in [1.54, 1.807) is 6.20 Å². The van der Waals surface area contributed by atoms with Crippen LogP contribution in [0.25, 0.3) is 0 Å². The third kappa shape index (κ3) is 3.54. The van der Waals surface area contributed by atoms with E-state index >= 15 is 0 Å². The van der Waals surface area contributed by atoms with Gasteiger partial charge < -0.3 is 19.3 Å². The lowest BCUT2D eigenvalue weighted by Gasteiger charge is -2.42. The normalized spacial score (nSPS) is 27.2. The van der Waals surface area contributed by atoms with E-state index in [2.05, 4.69) is 23.7 Å². The zero-order chi connectivity index (χ0) is 17.3. The summed E-state index contributed by atoms with van der Waals surface area (Å²) in [4.78, 5) is 21.4. The molecular weight excluding hydrogens is 306 g/mol. The molecular formula is C18H27N3O3. The van der Waals surface area contributed by atoms with Crippen LogP contribution in [0.4, 0.5) is 5.82 Å². The number of pyridine rings is 1. The second kappa shape index (κ2) is 6.69. The number of aromatic nitrogens is 1. The standard InChI is InChI=1S/C18H27N3O3/c1-13-10-20(11-14(2)24-13)16-6-5-15(9-19-16)17(22)21-7-8-23-12-18(21,3)4/h5-6,9,13-14H,7-8,10-12H2,1-4H3. The van der Waals surface area contributed by atoms with Gasteiger partial charge in [-0.1, -0.05) is 0 Å². The first kappa shape index (κ1) is 17.2. The summed E-state index contributed by atoms with van der Waals surface area (Å²) in [6, 6.07) is 3.81. The van der Waals surface area contributed by atoms with Crippen LogP contribution in [0.15, 0.2) is 18.3 Å². The van der Waals surface area contributed by atoms with E-state index in [1.807, 2.05) is 30.9 Å². The molecule has 2 unspecified atom stereocenters. The van der Waals surface area contributed by atoms with Gasteiger partial charge in [0.2, 0.25) is 0 Å². The summed E-state index contributed by atoms with van der Waals surface area (Å²) in [7, 11) is 0. The van der Waals surface area contributed by atoms with Gasteiger partial charge in [-0.15, -0.1) is 0 Å². The van der Waals surface area contributed by atoms with Crippen LogP contribution < -0.4 is 4.90 Å². The van der Waals surface area contributed by atoms with Gasteiger partial charge in [0.25, 0.3) is 5.91 Å². The summed E-state index contributed by atoms with van der Waals surface area (Å²) < 4.78 is 11.3. The first-order valence-corrected chi connectivity index (χ1v) is 8.63. The topological polar surface area (TPSA) is 54.9 Å². The Bertz CT molecular complexity index is 578. The van der Waals surface area contributed by atoms with Crippen LogP contribution in [-0.2, 0) is 9.47 Å². The van der Waals surface area contributed by atoms with Crippen LogP contribution >= 0.6 is 0 Å². The molecule has 0 aromatic carbocycles. The van der Waals surface area contributed by atoms with E-state index in [1.165, 1.54) is 0 Å². The lowest BCUT2D eigenvalue weighted by atomic mass is 10.0. The number of rotatable bonds is 2. The highest BCUT2D eigenvalue weighted by atomic mass is 16.5. The molecule has 0 spiro atoms. The molecule has 3 heterocycles. The third-order valence-corrected chi connectivity index (χ3v) is 4.63. The Labute approximate surface area is 143 Å². The van der Waals surface area contributed by atoms with Crippen molar-refractivity contribution >= 4 is 11.7 Å². The number of carbonyl (C=O) groups is 1. The Morgan fingerprint density at radius 2 is 1.96 bits per heavy atom. The third-order valence-electron chi connectivity index (χ3n) is 4.63. The van der Waals surface area contributed by atoms with Crippen LogP contribution in [-0.4, -0.2) is 66.4 Å². The Balaban J connectivity index is 1.73. The van der Waals surface area contributed by atoms with Gasteiger partial charge in [-0.2, -0.15) is 0 Å². The Morgan fingerprint density at radius 3 is 2.54 bits per heavy atom. The van der Waals surface area contributed by atoms with Gasteiger partial charge in [0.1, 0.15) is 5.82 Å². The van der Waals surface area contributed by atoms with Crippen molar-refractivity contribution in [2.45, 2.75) is 45.4 Å². The molecule has 2 atom stereocenters. The molecule has 2 aliphatic rings. The van der Waals surface area contributed by atoms with Crippen molar-refractivity contribution in [1.82, 2.24) is 9.88 Å². The Kier molecular flexibility index (Phi) is 4.78. The molecule has 2 aliphatic heterocycles. The number of anilines is 1. The van der Waals surface area contributed by atoms with Gasteiger partial charge >= 0.3 is 0 Å². The molecule has 0 aliphatic carbocycles. The van der Waals surface area contributed by atoms with Gasteiger partial charge in [0, 0.05) is 25.8 Å². The lowest BCUT2D eigenvalue weighted by Crippen LogP contribution is -2.55. The minimum atomic E-state index is -0.289. The average molecular weight is 333 g/mol. The van der Waals surface area contributed by atoms with Gasteiger partial charge in [0.05, 0.1) is 36.5 Å². The fourth-order valence-corrected chi connectivity index (χ4v) is 3.46. The SMILES string of the molecule is CC1CN(c2ccc(C(=O)N3CCOCC3(C)C)cn2)CC(C)O1. The monoisotopic (exact) mass is 333 g/mol. The highest BCUT2D eigenvalue weighted by Crippen LogP contribution is 2.23. The van der Waals surface area contributed by atoms with E-state index in [-0.39, 0.29) is 23.7 Å². The first-order chi connectivity index (χ1) is 11.4. The molecule has 0 N–H and O–H groups in total. The van der Waals surface area contributed by atoms with E-state index in [0.29, 0.717) is 25.3 Å². The molecule has 0 bridgehead atoms. The number of hydrogen-bond donors (Lipinski definition) is 0. The van der Waals surface area contributed by atoms with Crippen molar-refractivity contribution in [2.75, 3.05) is 37.7 Å². The number of morpholine rings is 2. The maximum atomic E-state index is 12.8. The summed E-state index contributed by atoms with van der Waals surface area (Å²) in [6.07, 6.45) is 2.06. The molecule has 3 rings (SSSR count). The van der Waals surface area contributed by atoms with E-state index in [9.17, 15) is 4.79 Å². The van der Waals surface area contributed by atoms with Gasteiger partial charge in [-0.25, -0.2) is 4.98 Å². The summed E-state index contributed by atoms with van der Waals surface area (Å²) in [5, 5.41) is 0. The molecule has 24 heavy (non-hydrogen) atoms. The second-order valence-electron chi connectivity index (χ2n) is 7.39. The fraction of sp³-hybridized carbons (Fsp3) is 0.667. The molecule has 2 saturated heterocycles. The number of carbonyl (C=O) groups excluding carboxylic acids is 1. The van der Waals surface area contributed by atoms with Gasteiger partial charge in [0.15, 0.2) is 0 Å². The van der Waals surface area contributed by atoms with Crippen LogP contribution in [0.5, 0.6) is 0 Å². The maximum Gasteiger partial charge on any atom is 0.256 e. The smallest absolute Gasteiger partial charge is 0.256 e. The zero-order valence-corrected chi connectivity index (χ0v) is 15.0. The Hall–Kier alpha value is -1.66. The molecule has 6 nitrogen and oxygen atoms in total. The van der Waals surface area contributed by atoms with Gasteiger partial charge in [-0.05, 0) is 39.8 Å². The summed E-state index contributed by atoms with van der Waals surface area (Å²) in [5.41, 5.74) is 0.339. The molecule has 0 radical (unpaired) electrons. The number of nitrogens with zero attached hydrogens (tertiary/aromatic N) is 3. The molecule has 6 heteroatoms. The molecule has 0 saturated carbocycles. The largest absolute Gasteiger partial charge is 0.377 e. The predicted molar refractivity (Wildman–Crippen MR) is 92.4 cm³/mol. The molecule has 1 amide bonds. The summed E-state index contributed by atoms with van der Waals surface area (Å²) in [6.45, 7) is 11.6. The summed E-state index contributed by atoms with van der Waals surface area (Å²) in [5.74, 6) is 0.917. The molecule has 132 valence electrons. The summed E-state index contributed by atoms with van der Waals surface area (Å²) >= 11 is 0. The van der Waals surface area contributed by atoms with Crippen molar-refractivity contribution in [3.8, 4) is 0 Å². The quantitative estimate of drug-likeness (QED) is 0.828. The fourth-order valence-electron chi connectivity index (χ4n) is 3.46. The van der Waals surface area contributed by atoms with Crippen molar-refractivity contribution in [3.05, 3.63) is 23.9 Å². The molecule has 1 aromatic heterocycles. The molecule has 1 aromatic rings.